The smallest absolute Gasteiger partial charge is 0.0209 e. The first-order valence-corrected chi connectivity index (χ1v) is 9.06. The van der Waals surface area contributed by atoms with Crippen molar-refractivity contribution in [1.29, 1.82) is 0 Å². The summed E-state index contributed by atoms with van der Waals surface area (Å²) in [5, 5.41) is 0. The minimum absolute atomic E-state index is 0.213. The van der Waals surface area contributed by atoms with Crippen LogP contribution in [0, 0.1) is 17.8 Å². The Morgan fingerprint density at radius 2 is 1.64 bits per heavy atom. The highest BCUT2D eigenvalue weighted by molar-refractivity contribution is 5.01. The summed E-state index contributed by atoms with van der Waals surface area (Å²) in [7, 11) is 0. The molecular formula is C21H39N. The summed E-state index contributed by atoms with van der Waals surface area (Å²) in [4.78, 5) is 0. The van der Waals surface area contributed by atoms with Crippen LogP contribution in [-0.2, 0) is 0 Å². The topological polar surface area (TPSA) is 26.0 Å². The van der Waals surface area contributed by atoms with Gasteiger partial charge in [-0.25, -0.2) is 0 Å². The van der Waals surface area contributed by atoms with Crippen molar-refractivity contribution in [2.24, 2.45) is 23.5 Å². The number of nitrogens with two attached hydrogens (primary N) is 1. The second-order valence-corrected chi connectivity index (χ2v) is 6.95. The van der Waals surface area contributed by atoms with E-state index in [1.807, 2.05) is 45.1 Å². The third-order valence-corrected chi connectivity index (χ3v) is 5.29. The number of hydrogen-bond donors (Lipinski definition) is 1. The highest BCUT2D eigenvalue weighted by Crippen LogP contribution is 2.46. The standard InChI is InChI=1S/C12H23N.C5H8.C4H8/c1-9-6-7-12(13)10(2)4-3-5-11(12)8-9;1-3-5-4-2;1-3-4-2/h9-11H,3-8,13H2,1-2H3;3-5H,1H2,2H3;3-4H,1-2H3/b;5-4+;4-3+/t9?,10-,11+,12-;;/m0../s1. The molecule has 2 fully saturated rings. The lowest BCUT2D eigenvalue weighted by Crippen LogP contribution is -2.57. The summed E-state index contributed by atoms with van der Waals surface area (Å²) in [5.74, 6) is 2.52. The quantitative estimate of drug-likeness (QED) is 0.448. The van der Waals surface area contributed by atoms with E-state index in [1.54, 1.807) is 6.08 Å². The maximum atomic E-state index is 6.57. The molecule has 0 bridgehead atoms. The first-order valence-electron chi connectivity index (χ1n) is 9.06. The Kier molecular flexibility index (Phi) is 11.3. The van der Waals surface area contributed by atoms with Crippen LogP contribution in [-0.4, -0.2) is 5.54 Å². The molecule has 4 atom stereocenters. The molecular weight excluding hydrogens is 266 g/mol. The molecule has 128 valence electrons. The summed E-state index contributed by atoms with van der Waals surface area (Å²) in [6, 6.07) is 0. The van der Waals surface area contributed by atoms with E-state index in [4.69, 9.17) is 5.73 Å². The fraction of sp³-hybridized carbons (Fsp3) is 0.714. The molecule has 0 aliphatic heterocycles. The Morgan fingerprint density at radius 3 is 2.09 bits per heavy atom. The van der Waals surface area contributed by atoms with Gasteiger partial charge in [0.1, 0.15) is 0 Å². The first kappa shape index (κ1) is 21.2. The van der Waals surface area contributed by atoms with Crippen LogP contribution in [0.15, 0.2) is 37.0 Å². The summed E-state index contributed by atoms with van der Waals surface area (Å²) >= 11 is 0. The van der Waals surface area contributed by atoms with Gasteiger partial charge in [0.15, 0.2) is 0 Å². The Labute approximate surface area is 139 Å². The molecule has 0 aromatic heterocycles. The van der Waals surface area contributed by atoms with Crippen LogP contribution >= 0.6 is 0 Å². The maximum absolute atomic E-state index is 6.57. The molecule has 2 N–H and O–H groups in total. The predicted octanol–water partition coefficient (Wildman–Crippen LogP) is 6.27. The second-order valence-electron chi connectivity index (χ2n) is 6.95. The molecule has 0 amide bonds. The van der Waals surface area contributed by atoms with Crippen molar-refractivity contribution in [2.75, 3.05) is 0 Å². The second kappa shape index (κ2) is 11.7. The monoisotopic (exact) mass is 305 g/mol. The molecule has 0 saturated heterocycles. The van der Waals surface area contributed by atoms with Crippen LogP contribution in [0.1, 0.15) is 73.1 Å². The molecule has 0 heterocycles. The molecule has 1 nitrogen and oxygen atoms in total. The Bertz CT molecular complexity index is 338. The van der Waals surface area contributed by atoms with Crippen LogP contribution in [0.3, 0.4) is 0 Å². The molecule has 0 aromatic carbocycles. The normalized spacial score (nSPS) is 34.2. The van der Waals surface area contributed by atoms with Crippen molar-refractivity contribution >= 4 is 0 Å². The lowest BCUT2D eigenvalue weighted by molar-refractivity contribution is 0.0554. The molecule has 0 aromatic rings. The number of rotatable bonds is 1. The Hall–Kier alpha value is -0.820. The Morgan fingerprint density at radius 1 is 1.00 bits per heavy atom. The average molecular weight is 306 g/mol. The van der Waals surface area contributed by atoms with Crippen molar-refractivity contribution in [3.05, 3.63) is 37.0 Å². The van der Waals surface area contributed by atoms with E-state index in [0.29, 0.717) is 0 Å². The minimum Gasteiger partial charge on any atom is -0.325 e. The SMILES string of the molecule is C/C=C/C.C=C/C=C/C.CC1CC[C@@]2(N)[C@H](CCC[C@@H]2C)C1. The summed E-state index contributed by atoms with van der Waals surface area (Å²) in [5.41, 5.74) is 6.78. The Balaban J connectivity index is 0.000000411. The molecule has 22 heavy (non-hydrogen) atoms. The van der Waals surface area contributed by atoms with Crippen LogP contribution in [0.4, 0.5) is 0 Å². The van der Waals surface area contributed by atoms with Gasteiger partial charge in [-0.3, -0.25) is 0 Å². The zero-order valence-electron chi connectivity index (χ0n) is 15.6. The van der Waals surface area contributed by atoms with Crippen LogP contribution in [0.2, 0.25) is 0 Å². The van der Waals surface area contributed by atoms with Crippen LogP contribution < -0.4 is 5.73 Å². The molecule has 0 radical (unpaired) electrons. The highest BCUT2D eigenvalue weighted by Gasteiger charge is 2.44. The third kappa shape index (κ3) is 6.96. The van der Waals surface area contributed by atoms with Crippen molar-refractivity contribution in [3.63, 3.8) is 0 Å². The first-order chi connectivity index (χ1) is 10.5. The van der Waals surface area contributed by atoms with E-state index in [-0.39, 0.29) is 5.54 Å². The highest BCUT2D eigenvalue weighted by atomic mass is 14.8. The number of hydrogen-bond acceptors (Lipinski definition) is 1. The molecule has 2 aliphatic carbocycles. The third-order valence-electron chi connectivity index (χ3n) is 5.29. The van der Waals surface area contributed by atoms with Gasteiger partial charge in [-0.1, -0.05) is 57.2 Å². The van der Waals surface area contributed by atoms with E-state index >= 15 is 0 Å². The molecule has 0 spiro atoms. The fourth-order valence-corrected chi connectivity index (χ4v) is 3.63. The lowest BCUT2D eigenvalue weighted by Gasteiger charge is -2.50. The molecule has 1 unspecified atom stereocenters. The lowest BCUT2D eigenvalue weighted by atomic mass is 9.59. The maximum Gasteiger partial charge on any atom is 0.0209 e. The van der Waals surface area contributed by atoms with Crippen LogP contribution in [0.5, 0.6) is 0 Å². The summed E-state index contributed by atoms with van der Waals surface area (Å²) in [6.07, 6.45) is 17.8. The van der Waals surface area contributed by atoms with Gasteiger partial charge in [0.05, 0.1) is 0 Å². The summed E-state index contributed by atoms with van der Waals surface area (Å²) < 4.78 is 0. The number of fused-ring (bicyclic) bond motifs is 1. The average Bonchev–Trinajstić information content (AvgIpc) is 2.51. The van der Waals surface area contributed by atoms with E-state index in [9.17, 15) is 0 Å². The number of allylic oxidation sites excluding steroid dienone is 5. The molecule has 2 saturated carbocycles. The van der Waals surface area contributed by atoms with Crippen molar-refractivity contribution in [3.8, 4) is 0 Å². The van der Waals surface area contributed by atoms with Crippen molar-refractivity contribution < 1.29 is 0 Å². The van der Waals surface area contributed by atoms with Gasteiger partial charge < -0.3 is 5.73 Å². The van der Waals surface area contributed by atoms with E-state index in [1.165, 1.54) is 38.5 Å². The van der Waals surface area contributed by atoms with Gasteiger partial charge in [0, 0.05) is 5.54 Å². The van der Waals surface area contributed by atoms with Gasteiger partial charge >= 0.3 is 0 Å². The van der Waals surface area contributed by atoms with E-state index in [2.05, 4.69) is 20.4 Å². The molecule has 2 aliphatic rings. The largest absolute Gasteiger partial charge is 0.325 e. The van der Waals surface area contributed by atoms with Crippen LogP contribution in [0.25, 0.3) is 0 Å². The van der Waals surface area contributed by atoms with E-state index < -0.39 is 0 Å². The van der Waals surface area contributed by atoms with E-state index in [0.717, 1.165) is 17.8 Å². The molecule has 2 rings (SSSR count). The van der Waals surface area contributed by atoms with Gasteiger partial charge in [0.25, 0.3) is 0 Å². The van der Waals surface area contributed by atoms with Gasteiger partial charge in [-0.15, -0.1) is 0 Å². The minimum atomic E-state index is 0.213. The fourth-order valence-electron chi connectivity index (χ4n) is 3.63. The van der Waals surface area contributed by atoms with Gasteiger partial charge in [-0.05, 0) is 70.6 Å². The van der Waals surface area contributed by atoms with Gasteiger partial charge in [0.2, 0.25) is 0 Å². The van der Waals surface area contributed by atoms with Gasteiger partial charge in [-0.2, -0.15) is 0 Å². The zero-order chi connectivity index (χ0) is 17.0. The predicted molar refractivity (Wildman–Crippen MR) is 102 cm³/mol. The summed E-state index contributed by atoms with van der Waals surface area (Å²) in [6.45, 7) is 14.2. The van der Waals surface area contributed by atoms with Crippen molar-refractivity contribution in [1.82, 2.24) is 0 Å². The van der Waals surface area contributed by atoms with Crippen molar-refractivity contribution in [2.45, 2.75) is 78.7 Å². The molecule has 1 heteroatoms. The zero-order valence-corrected chi connectivity index (χ0v) is 15.6.